The quantitative estimate of drug-likeness (QED) is 0.925. The van der Waals surface area contributed by atoms with E-state index >= 15 is 0 Å². The van der Waals surface area contributed by atoms with Crippen LogP contribution in [0.1, 0.15) is 44.2 Å². The topological polar surface area (TPSA) is 39.7 Å². The first-order chi connectivity index (χ1) is 10.3. The number of methoxy groups -OCH3 is 1. The molecule has 2 unspecified atom stereocenters. The van der Waals surface area contributed by atoms with Crippen molar-refractivity contribution in [1.82, 2.24) is 5.32 Å². The van der Waals surface area contributed by atoms with Gasteiger partial charge in [-0.15, -0.1) is 0 Å². The molecule has 4 nitrogen and oxygen atoms in total. The Morgan fingerprint density at radius 3 is 3.05 bits per heavy atom. The zero-order valence-corrected chi connectivity index (χ0v) is 13.0. The Morgan fingerprint density at radius 2 is 2.33 bits per heavy atom. The van der Waals surface area contributed by atoms with Gasteiger partial charge in [0.2, 0.25) is 0 Å². The molecule has 0 aromatic heterocycles. The van der Waals surface area contributed by atoms with Crippen LogP contribution in [0.3, 0.4) is 0 Å². The van der Waals surface area contributed by atoms with E-state index in [9.17, 15) is 0 Å². The van der Waals surface area contributed by atoms with E-state index in [2.05, 4.69) is 18.3 Å². The standard InChI is InChI=1S/C17H25NO3/c1-3-8-18-15-11-17(7-4-9-20-12-17)21-16-10-13(19-2)5-6-14(15)16/h5-6,10,15,18H,3-4,7-9,11-12H2,1-2H3. The van der Waals surface area contributed by atoms with Gasteiger partial charge in [0.25, 0.3) is 0 Å². The van der Waals surface area contributed by atoms with Crippen molar-refractivity contribution < 1.29 is 14.2 Å². The summed E-state index contributed by atoms with van der Waals surface area (Å²) in [5.41, 5.74) is 1.06. The third kappa shape index (κ3) is 3.01. The van der Waals surface area contributed by atoms with Crippen LogP contribution < -0.4 is 14.8 Å². The number of benzene rings is 1. The lowest BCUT2D eigenvalue weighted by molar-refractivity contribution is -0.0856. The Bertz CT molecular complexity index is 483. The Kier molecular flexibility index (Phi) is 4.36. The molecule has 116 valence electrons. The summed E-state index contributed by atoms with van der Waals surface area (Å²) in [7, 11) is 1.69. The maximum atomic E-state index is 6.37. The van der Waals surface area contributed by atoms with E-state index in [1.54, 1.807) is 7.11 Å². The molecule has 2 atom stereocenters. The normalized spacial score (nSPS) is 28.0. The van der Waals surface area contributed by atoms with Gasteiger partial charge in [-0.1, -0.05) is 13.0 Å². The van der Waals surface area contributed by atoms with Gasteiger partial charge >= 0.3 is 0 Å². The number of hydrogen-bond acceptors (Lipinski definition) is 4. The minimum absolute atomic E-state index is 0.178. The molecule has 1 saturated heterocycles. The molecular formula is C17H25NO3. The van der Waals surface area contributed by atoms with Crippen molar-refractivity contribution in [2.24, 2.45) is 0 Å². The fourth-order valence-corrected chi connectivity index (χ4v) is 3.34. The van der Waals surface area contributed by atoms with Crippen LogP contribution in [-0.2, 0) is 4.74 Å². The Hall–Kier alpha value is -1.26. The van der Waals surface area contributed by atoms with Crippen molar-refractivity contribution in [3.8, 4) is 11.5 Å². The first kappa shape index (κ1) is 14.7. The van der Waals surface area contributed by atoms with Crippen LogP contribution in [-0.4, -0.2) is 32.5 Å². The molecule has 3 rings (SSSR count). The van der Waals surface area contributed by atoms with Crippen LogP contribution in [0, 0.1) is 0 Å². The summed E-state index contributed by atoms with van der Waals surface area (Å²) in [6, 6.07) is 6.48. The molecule has 1 aromatic rings. The first-order valence-corrected chi connectivity index (χ1v) is 7.94. The van der Waals surface area contributed by atoms with Crippen LogP contribution in [0.15, 0.2) is 18.2 Å². The average molecular weight is 291 g/mol. The van der Waals surface area contributed by atoms with Gasteiger partial charge in [-0.3, -0.25) is 0 Å². The molecule has 4 heteroatoms. The fourth-order valence-electron chi connectivity index (χ4n) is 3.34. The lowest BCUT2D eigenvalue weighted by Crippen LogP contribution is -2.49. The van der Waals surface area contributed by atoms with Gasteiger partial charge in [-0.2, -0.15) is 0 Å². The zero-order valence-electron chi connectivity index (χ0n) is 13.0. The van der Waals surface area contributed by atoms with E-state index in [4.69, 9.17) is 14.2 Å². The van der Waals surface area contributed by atoms with Crippen molar-refractivity contribution in [3.05, 3.63) is 23.8 Å². The Balaban J connectivity index is 1.90. The predicted molar refractivity (Wildman–Crippen MR) is 82.1 cm³/mol. The minimum Gasteiger partial charge on any atom is -0.497 e. The van der Waals surface area contributed by atoms with Gasteiger partial charge in [0, 0.05) is 30.7 Å². The van der Waals surface area contributed by atoms with Crippen LogP contribution in [0.5, 0.6) is 11.5 Å². The van der Waals surface area contributed by atoms with Gasteiger partial charge in [0.05, 0.1) is 13.7 Å². The number of fused-ring (bicyclic) bond motifs is 1. The van der Waals surface area contributed by atoms with Crippen LogP contribution in [0.4, 0.5) is 0 Å². The number of hydrogen-bond donors (Lipinski definition) is 1. The third-order valence-electron chi connectivity index (χ3n) is 4.43. The van der Waals surface area contributed by atoms with E-state index in [0.717, 1.165) is 50.3 Å². The van der Waals surface area contributed by atoms with Crippen LogP contribution >= 0.6 is 0 Å². The molecule has 21 heavy (non-hydrogen) atoms. The van der Waals surface area contributed by atoms with Gasteiger partial charge in [0.15, 0.2) is 0 Å². The summed E-state index contributed by atoms with van der Waals surface area (Å²) in [5.74, 6) is 1.79. The van der Waals surface area contributed by atoms with E-state index in [0.29, 0.717) is 12.6 Å². The second-order valence-electron chi connectivity index (χ2n) is 6.06. The third-order valence-corrected chi connectivity index (χ3v) is 4.43. The number of nitrogens with one attached hydrogen (secondary N) is 1. The molecule has 0 amide bonds. The van der Waals surface area contributed by atoms with E-state index in [-0.39, 0.29) is 5.60 Å². The van der Waals surface area contributed by atoms with Crippen LogP contribution in [0.25, 0.3) is 0 Å². The molecule has 1 N–H and O–H groups in total. The van der Waals surface area contributed by atoms with Crippen molar-refractivity contribution >= 4 is 0 Å². The highest BCUT2D eigenvalue weighted by molar-refractivity contribution is 5.44. The maximum Gasteiger partial charge on any atom is 0.134 e. The van der Waals surface area contributed by atoms with Gasteiger partial charge in [-0.05, 0) is 31.9 Å². The molecule has 0 aliphatic carbocycles. The molecule has 1 spiro atoms. The highest BCUT2D eigenvalue weighted by Gasteiger charge is 2.42. The Morgan fingerprint density at radius 1 is 1.43 bits per heavy atom. The summed E-state index contributed by atoms with van der Waals surface area (Å²) in [6.45, 7) is 4.75. The monoisotopic (exact) mass is 291 g/mol. The Labute approximate surface area is 126 Å². The van der Waals surface area contributed by atoms with Crippen LogP contribution in [0.2, 0.25) is 0 Å². The van der Waals surface area contributed by atoms with Crippen molar-refractivity contribution in [2.45, 2.75) is 44.2 Å². The smallest absolute Gasteiger partial charge is 0.134 e. The SMILES string of the molecule is CCCNC1CC2(CCCOC2)Oc2cc(OC)ccc21. The maximum absolute atomic E-state index is 6.37. The second kappa shape index (κ2) is 6.24. The van der Waals surface area contributed by atoms with Gasteiger partial charge in [0.1, 0.15) is 17.1 Å². The van der Waals surface area contributed by atoms with Gasteiger partial charge < -0.3 is 19.5 Å². The molecule has 1 aromatic carbocycles. The second-order valence-corrected chi connectivity index (χ2v) is 6.06. The van der Waals surface area contributed by atoms with Crippen molar-refractivity contribution in [2.75, 3.05) is 26.9 Å². The summed E-state index contributed by atoms with van der Waals surface area (Å²) in [5, 5.41) is 3.66. The molecule has 2 aliphatic heterocycles. The minimum atomic E-state index is -0.178. The predicted octanol–water partition coefficient (Wildman–Crippen LogP) is 3.07. The number of ether oxygens (including phenoxy) is 3. The van der Waals surface area contributed by atoms with E-state index in [1.165, 1.54) is 5.56 Å². The lowest BCUT2D eigenvalue weighted by Gasteiger charge is -2.44. The summed E-state index contributed by atoms with van der Waals surface area (Å²) < 4.78 is 17.4. The average Bonchev–Trinajstić information content (AvgIpc) is 2.52. The fraction of sp³-hybridized carbons (Fsp3) is 0.647. The summed E-state index contributed by atoms with van der Waals surface area (Å²) in [6.07, 6.45) is 4.24. The molecule has 1 fully saturated rings. The molecule has 2 aliphatic rings. The van der Waals surface area contributed by atoms with E-state index in [1.807, 2.05) is 12.1 Å². The summed E-state index contributed by atoms with van der Waals surface area (Å²) >= 11 is 0. The number of rotatable bonds is 4. The molecule has 0 saturated carbocycles. The lowest BCUT2D eigenvalue weighted by atomic mass is 9.83. The zero-order chi connectivity index (χ0) is 14.7. The molecule has 2 heterocycles. The van der Waals surface area contributed by atoms with Crippen molar-refractivity contribution in [1.29, 1.82) is 0 Å². The molecule has 0 radical (unpaired) electrons. The van der Waals surface area contributed by atoms with Crippen molar-refractivity contribution in [3.63, 3.8) is 0 Å². The first-order valence-electron chi connectivity index (χ1n) is 7.94. The summed E-state index contributed by atoms with van der Waals surface area (Å²) in [4.78, 5) is 0. The molecular weight excluding hydrogens is 266 g/mol. The largest absolute Gasteiger partial charge is 0.497 e. The van der Waals surface area contributed by atoms with E-state index < -0.39 is 0 Å². The van der Waals surface area contributed by atoms with Gasteiger partial charge in [-0.25, -0.2) is 0 Å². The molecule has 0 bridgehead atoms. The highest BCUT2D eigenvalue weighted by Crippen LogP contribution is 2.44. The highest BCUT2D eigenvalue weighted by atomic mass is 16.5.